The molecule has 1 aliphatic carbocycles. The lowest BCUT2D eigenvalue weighted by molar-refractivity contribution is -0.115. The van der Waals surface area contributed by atoms with Crippen molar-refractivity contribution < 1.29 is 13.2 Å². The molecule has 1 heterocycles. The van der Waals surface area contributed by atoms with Crippen LogP contribution in [0.2, 0.25) is 0 Å². The van der Waals surface area contributed by atoms with Crippen LogP contribution in [0, 0.1) is 6.92 Å². The van der Waals surface area contributed by atoms with E-state index in [2.05, 4.69) is 20.6 Å². The SMILES string of the molecule is CNc1nc(C2CC2)nc(NCC(F)(F)F)c1C. The van der Waals surface area contributed by atoms with E-state index in [0.29, 0.717) is 23.1 Å². The molecule has 0 saturated heterocycles. The fraction of sp³-hybridized carbons (Fsp3) is 0.636. The molecule has 18 heavy (non-hydrogen) atoms. The van der Waals surface area contributed by atoms with Crippen LogP contribution in [-0.2, 0) is 0 Å². The van der Waals surface area contributed by atoms with Crippen molar-refractivity contribution in [1.82, 2.24) is 9.97 Å². The van der Waals surface area contributed by atoms with Crippen molar-refractivity contribution in [2.75, 3.05) is 24.2 Å². The molecular formula is C11H15F3N4. The van der Waals surface area contributed by atoms with Gasteiger partial charge in [0.25, 0.3) is 0 Å². The third-order valence-electron chi connectivity index (χ3n) is 2.80. The maximum absolute atomic E-state index is 12.2. The summed E-state index contributed by atoms with van der Waals surface area (Å²) in [6.07, 6.45) is -2.24. The minimum atomic E-state index is -4.25. The molecule has 4 nitrogen and oxygen atoms in total. The Morgan fingerprint density at radius 3 is 2.33 bits per heavy atom. The molecule has 2 rings (SSSR count). The Balaban J connectivity index is 2.24. The zero-order valence-corrected chi connectivity index (χ0v) is 10.2. The molecule has 7 heteroatoms. The first-order chi connectivity index (χ1) is 8.40. The minimum absolute atomic E-state index is 0.258. The number of rotatable bonds is 4. The third kappa shape index (κ3) is 3.02. The number of nitrogens with one attached hydrogen (secondary N) is 2. The van der Waals surface area contributed by atoms with Crippen molar-refractivity contribution in [3.63, 3.8) is 0 Å². The first kappa shape index (κ1) is 12.9. The summed E-state index contributed by atoms with van der Waals surface area (Å²) in [5, 5.41) is 5.22. The van der Waals surface area contributed by atoms with E-state index in [-0.39, 0.29) is 5.82 Å². The first-order valence-corrected chi connectivity index (χ1v) is 5.77. The highest BCUT2D eigenvalue weighted by Gasteiger charge is 2.30. The summed E-state index contributed by atoms with van der Waals surface area (Å²) in [5.41, 5.74) is 0.603. The van der Waals surface area contributed by atoms with Crippen LogP contribution in [-0.4, -0.2) is 29.7 Å². The van der Waals surface area contributed by atoms with E-state index in [1.165, 1.54) is 0 Å². The minimum Gasteiger partial charge on any atom is -0.373 e. The molecule has 0 aliphatic heterocycles. The van der Waals surface area contributed by atoms with Crippen LogP contribution in [0.1, 0.15) is 30.1 Å². The Morgan fingerprint density at radius 1 is 1.22 bits per heavy atom. The molecule has 100 valence electrons. The highest BCUT2D eigenvalue weighted by atomic mass is 19.4. The molecule has 0 aromatic carbocycles. The molecule has 0 bridgehead atoms. The Bertz CT molecular complexity index is 441. The van der Waals surface area contributed by atoms with E-state index in [4.69, 9.17) is 0 Å². The van der Waals surface area contributed by atoms with Crippen molar-refractivity contribution >= 4 is 11.6 Å². The van der Waals surface area contributed by atoms with Gasteiger partial charge in [-0.1, -0.05) is 0 Å². The normalized spacial score (nSPS) is 15.6. The lowest BCUT2D eigenvalue weighted by Crippen LogP contribution is -2.23. The Labute approximate surface area is 103 Å². The van der Waals surface area contributed by atoms with Crippen LogP contribution in [0.3, 0.4) is 0 Å². The van der Waals surface area contributed by atoms with Crippen LogP contribution in [0.4, 0.5) is 24.8 Å². The largest absolute Gasteiger partial charge is 0.405 e. The Hall–Kier alpha value is -1.53. The highest BCUT2D eigenvalue weighted by Crippen LogP contribution is 2.39. The number of nitrogens with zero attached hydrogens (tertiary/aromatic N) is 2. The third-order valence-corrected chi connectivity index (χ3v) is 2.80. The second-order valence-electron chi connectivity index (χ2n) is 4.40. The number of anilines is 2. The van der Waals surface area contributed by atoms with E-state index in [1.54, 1.807) is 14.0 Å². The topological polar surface area (TPSA) is 49.8 Å². The monoisotopic (exact) mass is 260 g/mol. The predicted octanol–water partition coefficient (Wildman–Crippen LogP) is 2.68. The summed E-state index contributed by atoms with van der Waals surface area (Å²) in [4.78, 5) is 8.50. The summed E-state index contributed by atoms with van der Waals surface area (Å²) in [5.74, 6) is 1.75. The van der Waals surface area contributed by atoms with Crippen LogP contribution in [0.5, 0.6) is 0 Å². The molecular weight excluding hydrogens is 245 g/mol. The lowest BCUT2D eigenvalue weighted by atomic mass is 10.2. The Kier molecular flexibility index (Phi) is 3.32. The summed E-state index contributed by atoms with van der Waals surface area (Å²) < 4.78 is 36.6. The molecule has 0 radical (unpaired) electrons. The van der Waals surface area contributed by atoms with Gasteiger partial charge >= 0.3 is 6.18 Å². The van der Waals surface area contributed by atoms with E-state index in [0.717, 1.165) is 12.8 Å². The molecule has 0 spiro atoms. The molecule has 1 aromatic rings. The summed E-state index contributed by atoms with van der Waals surface area (Å²) >= 11 is 0. The van der Waals surface area contributed by atoms with Gasteiger partial charge in [-0.15, -0.1) is 0 Å². The van der Waals surface area contributed by atoms with Gasteiger partial charge in [0.2, 0.25) is 0 Å². The number of alkyl halides is 3. The van der Waals surface area contributed by atoms with Crippen molar-refractivity contribution in [1.29, 1.82) is 0 Å². The summed E-state index contributed by atoms with van der Waals surface area (Å²) in [6.45, 7) is 0.610. The smallest absolute Gasteiger partial charge is 0.373 e. The van der Waals surface area contributed by atoms with E-state index in [1.807, 2.05) is 0 Å². The lowest BCUT2D eigenvalue weighted by Gasteiger charge is -2.14. The maximum atomic E-state index is 12.2. The zero-order chi connectivity index (χ0) is 13.3. The second kappa shape index (κ2) is 4.62. The number of hydrogen-bond acceptors (Lipinski definition) is 4. The molecule has 1 aliphatic rings. The molecule has 2 N–H and O–H groups in total. The highest BCUT2D eigenvalue weighted by molar-refractivity contribution is 5.57. The number of hydrogen-bond donors (Lipinski definition) is 2. The molecule has 0 unspecified atom stereocenters. The van der Waals surface area contributed by atoms with Gasteiger partial charge in [-0.3, -0.25) is 0 Å². The molecule has 0 atom stereocenters. The molecule has 0 amide bonds. The summed E-state index contributed by atoms with van der Waals surface area (Å²) in [7, 11) is 1.69. The average Bonchev–Trinajstić information content (AvgIpc) is 3.10. The van der Waals surface area contributed by atoms with Gasteiger partial charge in [-0.05, 0) is 19.8 Å². The first-order valence-electron chi connectivity index (χ1n) is 5.77. The quantitative estimate of drug-likeness (QED) is 0.873. The standard InChI is InChI=1S/C11H15F3N4/c1-6-8(15-2)17-10(7-3-4-7)18-9(6)16-5-11(12,13)14/h7H,3-5H2,1-2H3,(H2,15,16,17,18). The predicted molar refractivity (Wildman–Crippen MR) is 62.8 cm³/mol. The maximum Gasteiger partial charge on any atom is 0.405 e. The van der Waals surface area contributed by atoms with E-state index in [9.17, 15) is 13.2 Å². The van der Waals surface area contributed by atoms with Crippen molar-refractivity contribution in [3.8, 4) is 0 Å². The number of halogens is 3. The van der Waals surface area contributed by atoms with Gasteiger partial charge in [-0.2, -0.15) is 13.2 Å². The van der Waals surface area contributed by atoms with Crippen molar-refractivity contribution in [2.45, 2.75) is 31.9 Å². The van der Waals surface area contributed by atoms with Gasteiger partial charge in [-0.25, -0.2) is 9.97 Å². The second-order valence-corrected chi connectivity index (χ2v) is 4.40. The zero-order valence-electron chi connectivity index (χ0n) is 10.2. The van der Waals surface area contributed by atoms with Crippen LogP contribution >= 0.6 is 0 Å². The van der Waals surface area contributed by atoms with Gasteiger partial charge in [0, 0.05) is 18.5 Å². The van der Waals surface area contributed by atoms with E-state index < -0.39 is 12.7 Å². The fourth-order valence-corrected chi connectivity index (χ4v) is 1.66. The van der Waals surface area contributed by atoms with Crippen LogP contribution in [0.25, 0.3) is 0 Å². The molecule has 1 saturated carbocycles. The van der Waals surface area contributed by atoms with Crippen LogP contribution < -0.4 is 10.6 Å². The van der Waals surface area contributed by atoms with Gasteiger partial charge < -0.3 is 10.6 Å². The van der Waals surface area contributed by atoms with Gasteiger partial charge in [0.15, 0.2) is 0 Å². The van der Waals surface area contributed by atoms with Crippen LogP contribution in [0.15, 0.2) is 0 Å². The summed E-state index contributed by atoms with van der Waals surface area (Å²) in [6, 6.07) is 0. The van der Waals surface area contributed by atoms with Gasteiger partial charge in [0.05, 0.1) is 0 Å². The Morgan fingerprint density at radius 2 is 1.83 bits per heavy atom. The van der Waals surface area contributed by atoms with E-state index >= 15 is 0 Å². The average molecular weight is 260 g/mol. The fourth-order valence-electron chi connectivity index (χ4n) is 1.66. The van der Waals surface area contributed by atoms with Crippen molar-refractivity contribution in [3.05, 3.63) is 11.4 Å². The molecule has 1 aromatic heterocycles. The van der Waals surface area contributed by atoms with Gasteiger partial charge in [0.1, 0.15) is 24.0 Å². The van der Waals surface area contributed by atoms with Crippen molar-refractivity contribution in [2.24, 2.45) is 0 Å². The molecule has 1 fully saturated rings. The number of aromatic nitrogens is 2.